The van der Waals surface area contributed by atoms with Crippen molar-refractivity contribution in [2.75, 3.05) is 25.0 Å². The normalized spacial score (nSPS) is 11.9. The number of nitrogens with zero attached hydrogens (tertiary/aromatic N) is 2. The maximum Gasteiger partial charge on any atom is 0.264 e. The van der Waals surface area contributed by atoms with Gasteiger partial charge < -0.3 is 15.0 Å². The van der Waals surface area contributed by atoms with Crippen molar-refractivity contribution in [1.82, 2.24) is 10.2 Å². The fourth-order valence-corrected chi connectivity index (χ4v) is 5.23. The Morgan fingerprint density at radius 1 is 0.973 bits per heavy atom. The summed E-state index contributed by atoms with van der Waals surface area (Å²) < 4.78 is 33.7. The van der Waals surface area contributed by atoms with Gasteiger partial charge >= 0.3 is 0 Å². The molecule has 2 amide bonds. The van der Waals surface area contributed by atoms with Gasteiger partial charge in [-0.2, -0.15) is 0 Å². The molecule has 0 bridgehead atoms. The number of sulfonamides is 1. The number of carbonyl (C=O) groups is 2. The lowest BCUT2D eigenvalue weighted by atomic mass is 10.1. The number of benzene rings is 3. The first-order valence-electron chi connectivity index (χ1n) is 11.6. The molecule has 3 aromatic carbocycles. The van der Waals surface area contributed by atoms with Gasteiger partial charge in [0.25, 0.3) is 10.0 Å². The summed E-state index contributed by atoms with van der Waals surface area (Å²) in [6.07, 6.45) is 0. The number of likely N-dealkylation sites (N-methyl/N-ethyl adjacent to an activating group) is 1. The van der Waals surface area contributed by atoms with E-state index in [2.05, 4.69) is 5.32 Å². The molecule has 0 fully saturated rings. The topological polar surface area (TPSA) is 96.0 Å². The minimum Gasteiger partial charge on any atom is -0.497 e. The van der Waals surface area contributed by atoms with Crippen molar-refractivity contribution >= 4 is 39.1 Å². The summed E-state index contributed by atoms with van der Waals surface area (Å²) in [6.45, 7) is 3.03. The fraction of sp³-hybridized carbons (Fsp3) is 0.259. The van der Waals surface area contributed by atoms with Crippen LogP contribution in [0, 0.1) is 6.92 Å². The first kappa shape index (κ1) is 28.0. The lowest BCUT2D eigenvalue weighted by Gasteiger charge is -2.31. The van der Waals surface area contributed by atoms with Crippen molar-refractivity contribution in [1.29, 1.82) is 0 Å². The zero-order valence-corrected chi connectivity index (χ0v) is 22.7. The van der Waals surface area contributed by atoms with Gasteiger partial charge in [-0.05, 0) is 67.9 Å². The lowest BCUT2D eigenvalue weighted by molar-refractivity contribution is -0.139. The molecule has 196 valence electrons. The summed E-state index contributed by atoms with van der Waals surface area (Å²) in [5.74, 6) is -0.377. The van der Waals surface area contributed by atoms with Crippen LogP contribution in [-0.2, 0) is 26.2 Å². The number of nitrogens with one attached hydrogen (secondary N) is 1. The zero-order valence-electron chi connectivity index (χ0n) is 21.1. The van der Waals surface area contributed by atoms with Crippen molar-refractivity contribution < 1.29 is 22.7 Å². The molecule has 3 rings (SSSR count). The third-order valence-electron chi connectivity index (χ3n) is 5.93. The van der Waals surface area contributed by atoms with E-state index in [1.807, 2.05) is 6.92 Å². The van der Waals surface area contributed by atoms with E-state index in [9.17, 15) is 18.0 Å². The van der Waals surface area contributed by atoms with Crippen molar-refractivity contribution in [3.8, 4) is 5.75 Å². The molecule has 37 heavy (non-hydrogen) atoms. The molecule has 0 radical (unpaired) electrons. The molecule has 10 heteroatoms. The number of carbonyl (C=O) groups excluding carboxylic acids is 2. The third kappa shape index (κ3) is 6.81. The summed E-state index contributed by atoms with van der Waals surface area (Å²) in [6, 6.07) is 18.8. The summed E-state index contributed by atoms with van der Waals surface area (Å²) in [5.41, 5.74) is 1.93. The van der Waals surface area contributed by atoms with E-state index >= 15 is 0 Å². The molecule has 0 aliphatic carbocycles. The molecule has 0 aliphatic rings. The standard InChI is InChI=1S/C27H30ClN3O5S/c1-19-5-15-25(16-6-19)37(34,35)31(23-11-13-24(36-4)14-12-23)18-26(32)30(20(2)27(33)29-3)17-21-7-9-22(28)10-8-21/h5-16,20H,17-18H2,1-4H3,(H,29,33)/t20-/m1/s1. The molecule has 0 saturated carbocycles. The van der Waals surface area contributed by atoms with Crippen molar-refractivity contribution in [3.63, 3.8) is 0 Å². The van der Waals surface area contributed by atoms with Crippen LogP contribution in [0.3, 0.4) is 0 Å². The Balaban J connectivity index is 2.02. The predicted molar refractivity (Wildman–Crippen MR) is 144 cm³/mol. The highest BCUT2D eigenvalue weighted by Gasteiger charge is 2.32. The molecule has 1 N–H and O–H groups in total. The second-order valence-electron chi connectivity index (χ2n) is 8.46. The predicted octanol–water partition coefficient (Wildman–Crippen LogP) is 4.02. The van der Waals surface area contributed by atoms with Gasteiger partial charge in [-0.15, -0.1) is 0 Å². The highest BCUT2D eigenvalue weighted by molar-refractivity contribution is 7.92. The monoisotopic (exact) mass is 543 g/mol. The van der Waals surface area contributed by atoms with Crippen LogP contribution in [0.25, 0.3) is 0 Å². The Bertz CT molecular complexity index is 1330. The Labute approximate surface area is 222 Å². The van der Waals surface area contributed by atoms with Gasteiger partial charge in [-0.25, -0.2) is 8.42 Å². The van der Waals surface area contributed by atoms with E-state index < -0.39 is 28.5 Å². The lowest BCUT2D eigenvalue weighted by Crippen LogP contribution is -2.50. The van der Waals surface area contributed by atoms with Gasteiger partial charge in [0.05, 0.1) is 17.7 Å². The number of aryl methyl sites for hydroxylation is 1. The van der Waals surface area contributed by atoms with Crippen LogP contribution in [0.5, 0.6) is 5.75 Å². The SMILES string of the molecule is CNC(=O)[C@@H](C)N(Cc1ccc(Cl)cc1)C(=O)CN(c1ccc(OC)cc1)S(=O)(=O)c1ccc(C)cc1. The van der Waals surface area contributed by atoms with Crippen molar-refractivity contribution in [2.45, 2.75) is 31.3 Å². The number of halogens is 1. The fourth-order valence-electron chi connectivity index (χ4n) is 3.69. The van der Waals surface area contributed by atoms with Crippen LogP contribution in [0.15, 0.2) is 77.7 Å². The van der Waals surface area contributed by atoms with E-state index in [4.69, 9.17) is 16.3 Å². The number of methoxy groups -OCH3 is 1. The molecule has 1 atom stereocenters. The molecule has 0 heterocycles. The van der Waals surface area contributed by atoms with Crippen molar-refractivity contribution in [3.05, 3.63) is 88.9 Å². The molecule has 0 spiro atoms. The highest BCUT2D eigenvalue weighted by Crippen LogP contribution is 2.27. The number of hydrogen-bond acceptors (Lipinski definition) is 5. The average molecular weight is 544 g/mol. The summed E-state index contributed by atoms with van der Waals surface area (Å²) >= 11 is 6.00. The minimum atomic E-state index is -4.12. The Morgan fingerprint density at radius 2 is 1.57 bits per heavy atom. The van der Waals surface area contributed by atoms with Crippen LogP contribution in [0.4, 0.5) is 5.69 Å². The smallest absolute Gasteiger partial charge is 0.264 e. The van der Waals surface area contributed by atoms with E-state index in [1.165, 1.54) is 31.2 Å². The van der Waals surface area contributed by atoms with Crippen LogP contribution < -0.4 is 14.4 Å². The number of anilines is 1. The maximum absolute atomic E-state index is 13.7. The number of rotatable bonds is 10. The molecule has 8 nitrogen and oxygen atoms in total. The van der Waals surface area contributed by atoms with E-state index in [1.54, 1.807) is 67.6 Å². The third-order valence-corrected chi connectivity index (χ3v) is 7.97. The second kappa shape index (κ2) is 12.1. The maximum atomic E-state index is 13.7. The van der Waals surface area contributed by atoms with E-state index in [-0.39, 0.29) is 23.0 Å². The number of hydrogen-bond donors (Lipinski definition) is 1. The molecule has 0 aliphatic heterocycles. The molecule has 0 saturated heterocycles. The Hall–Kier alpha value is -3.56. The number of amides is 2. The summed E-state index contributed by atoms with van der Waals surface area (Å²) in [7, 11) is -1.13. The van der Waals surface area contributed by atoms with Gasteiger partial charge in [0, 0.05) is 18.6 Å². The van der Waals surface area contributed by atoms with Gasteiger partial charge in [0.2, 0.25) is 11.8 Å². The average Bonchev–Trinajstić information content (AvgIpc) is 2.90. The Morgan fingerprint density at radius 3 is 2.11 bits per heavy atom. The molecule has 0 unspecified atom stereocenters. The van der Waals surface area contributed by atoms with Gasteiger partial charge in [-0.3, -0.25) is 13.9 Å². The summed E-state index contributed by atoms with van der Waals surface area (Å²) in [5, 5.41) is 3.09. The molecular formula is C27H30ClN3O5S. The van der Waals surface area contributed by atoms with Crippen molar-refractivity contribution in [2.24, 2.45) is 0 Å². The molecule has 0 aromatic heterocycles. The minimum absolute atomic E-state index is 0.0466. The highest BCUT2D eigenvalue weighted by atomic mass is 35.5. The van der Waals surface area contributed by atoms with E-state index in [0.717, 1.165) is 15.4 Å². The first-order chi connectivity index (χ1) is 17.6. The largest absolute Gasteiger partial charge is 0.497 e. The quantitative estimate of drug-likeness (QED) is 0.417. The summed E-state index contributed by atoms with van der Waals surface area (Å²) in [4.78, 5) is 27.6. The van der Waals surface area contributed by atoms with Crippen LogP contribution >= 0.6 is 11.6 Å². The van der Waals surface area contributed by atoms with Crippen LogP contribution in [0.2, 0.25) is 5.02 Å². The molecule has 3 aromatic rings. The first-order valence-corrected chi connectivity index (χ1v) is 13.4. The Kier molecular flexibility index (Phi) is 9.18. The molecular weight excluding hydrogens is 514 g/mol. The van der Waals surface area contributed by atoms with Gasteiger partial charge in [-0.1, -0.05) is 41.4 Å². The number of ether oxygens (including phenoxy) is 1. The van der Waals surface area contributed by atoms with Crippen LogP contribution in [-0.4, -0.2) is 51.9 Å². The second-order valence-corrected chi connectivity index (χ2v) is 10.8. The van der Waals surface area contributed by atoms with Crippen LogP contribution in [0.1, 0.15) is 18.1 Å². The van der Waals surface area contributed by atoms with Gasteiger partial charge in [0.1, 0.15) is 18.3 Å². The van der Waals surface area contributed by atoms with E-state index in [0.29, 0.717) is 10.8 Å². The van der Waals surface area contributed by atoms with Gasteiger partial charge in [0.15, 0.2) is 0 Å². The zero-order chi connectivity index (χ0) is 27.2.